The van der Waals surface area contributed by atoms with Gasteiger partial charge in [-0.05, 0) is 25.0 Å². The number of halogens is 1. The molecule has 0 saturated heterocycles. The molecule has 1 aliphatic carbocycles. The van der Waals surface area contributed by atoms with Crippen molar-refractivity contribution in [3.63, 3.8) is 0 Å². The minimum Gasteiger partial charge on any atom is -0.341 e. The molecule has 0 unspecified atom stereocenters. The van der Waals surface area contributed by atoms with Gasteiger partial charge >= 0.3 is 0 Å². The summed E-state index contributed by atoms with van der Waals surface area (Å²) >= 11 is 6.11. The number of nitrogens with one attached hydrogen (secondary N) is 1. The number of para-hydroxylation sites is 1. The first-order valence-electron chi connectivity index (χ1n) is 5.60. The maximum absolute atomic E-state index is 6.11. The van der Waals surface area contributed by atoms with Crippen molar-refractivity contribution in [2.75, 3.05) is 6.54 Å². The van der Waals surface area contributed by atoms with Crippen LogP contribution in [0.15, 0.2) is 18.2 Å². The van der Waals surface area contributed by atoms with Crippen LogP contribution in [0.3, 0.4) is 0 Å². The molecule has 2 aromatic rings. The van der Waals surface area contributed by atoms with Crippen molar-refractivity contribution < 1.29 is 0 Å². The number of hydrogen-bond donors (Lipinski definition) is 2. The van der Waals surface area contributed by atoms with Crippen molar-refractivity contribution in [3.05, 3.63) is 29.0 Å². The predicted octanol–water partition coefficient (Wildman–Crippen LogP) is 2.60. The number of aromatic nitrogens is 2. The van der Waals surface area contributed by atoms with Crippen molar-refractivity contribution in [1.82, 2.24) is 9.97 Å². The second-order valence-corrected chi connectivity index (χ2v) is 4.97. The van der Waals surface area contributed by atoms with Crippen molar-refractivity contribution in [2.24, 2.45) is 5.73 Å². The summed E-state index contributed by atoms with van der Waals surface area (Å²) in [5, 5.41) is 0.700. The maximum Gasteiger partial charge on any atom is 0.114 e. The van der Waals surface area contributed by atoms with Gasteiger partial charge in [0.05, 0.1) is 10.5 Å². The number of rotatable bonds is 2. The molecule has 1 aromatic heterocycles. The van der Waals surface area contributed by atoms with E-state index in [2.05, 4.69) is 9.97 Å². The zero-order chi connectivity index (χ0) is 11.2. The minimum absolute atomic E-state index is 0.0718. The Kier molecular flexibility index (Phi) is 2.19. The van der Waals surface area contributed by atoms with Crippen LogP contribution in [0.5, 0.6) is 0 Å². The highest BCUT2D eigenvalue weighted by Crippen LogP contribution is 2.42. The van der Waals surface area contributed by atoms with Crippen molar-refractivity contribution in [1.29, 1.82) is 0 Å². The van der Waals surface area contributed by atoms with Crippen LogP contribution in [0.4, 0.5) is 0 Å². The molecular weight excluding hydrogens is 222 g/mol. The van der Waals surface area contributed by atoms with Gasteiger partial charge in [0.1, 0.15) is 11.3 Å². The molecule has 1 aromatic carbocycles. The van der Waals surface area contributed by atoms with E-state index >= 15 is 0 Å². The fourth-order valence-electron chi connectivity index (χ4n) is 2.39. The van der Waals surface area contributed by atoms with Gasteiger partial charge < -0.3 is 10.7 Å². The standard InChI is InChI=1S/C12H14ClN3/c13-8-3-1-4-9-10(8)16-11(15-9)12(7-14)5-2-6-12/h1,3-4H,2,5-7,14H2,(H,15,16). The number of nitrogens with zero attached hydrogens (tertiary/aromatic N) is 1. The molecule has 1 fully saturated rings. The third-order valence-electron chi connectivity index (χ3n) is 3.67. The summed E-state index contributed by atoms with van der Waals surface area (Å²) in [6, 6.07) is 5.80. The molecule has 1 heterocycles. The number of hydrogen-bond acceptors (Lipinski definition) is 2. The molecule has 0 spiro atoms. The van der Waals surface area contributed by atoms with E-state index in [4.69, 9.17) is 17.3 Å². The first-order chi connectivity index (χ1) is 7.75. The van der Waals surface area contributed by atoms with Gasteiger partial charge in [0, 0.05) is 12.0 Å². The molecule has 3 nitrogen and oxygen atoms in total. The zero-order valence-electron chi connectivity index (χ0n) is 8.96. The van der Waals surface area contributed by atoms with E-state index < -0.39 is 0 Å². The Hall–Kier alpha value is -1.06. The van der Waals surface area contributed by atoms with Crippen LogP contribution in [-0.4, -0.2) is 16.5 Å². The summed E-state index contributed by atoms with van der Waals surface area (Å²) in [6.07, 6.45) is 3.49. The Balaban J connectivity index is 2.15. The molecular formula is C12H14ClN3. The van der Waals surface area contributed by atoms with Gasteiger partial charge in [-0.3, -0.25) is 0 Å². The van der Waals surface area contributed by atoms with Gasteiger partial charge in [-0.1, -0.05) is 24.1 Å². The number of nitrogens with two attached hydrogens (primary N) is 1. The molecule has 0 radical (unpaired) electrons. The van der Waals surface area contributed by atoms with E-state index in [0.717, 1.165) is 29.7 Å². The van der Waals surface area contributed by atoms with Crippen LogP contribution in [0, 0.1) is 0 Å². The molecule has 1 aliphatic rings. The minimum atomic E-state index is 0.0718. The number of benzene rings is 1. The van der Waals surface area contributed by atoms with Crippen molar-refractivity contribution >= 4 is 22.6 Å². The normalized spacial score (nSPS) is 18.6. The molecule has 1 saturated carbocycles. The van der Waals surface area contributed by atoms with Crippen LogP contribution in [0.25, 0.3) is 11.0 Å². The van der Waals surface area contributed by atoms with Crippen LogP contribution >= 0.6 is 11.6 Å². The van der Waals surface area contributed by atoms with E-state index in [1.807, 2.05) is 18.2 Å². The molecule has 3 rings (SSSR count). The molecule has 0 amide bonds. The third-order valence-corrected chi connectivity index (χ3v) is 3.97. The highest BCUT2D eigenvalue weighted by Gasteiger charge is 2.40. The summed E-state index contributed by atoms with van der Waals surface area (Å²) in [7, 11) is 0. The van der Waals surface area contributed by atoms with Gasteiger partial charge in [0.15, 0.2) is 0 Å². The summed E-state index contributed by atoms with van der Waals surface area (Å²) in [5.74, 6) is 1.00. The Morgan fingerprint density at radius 3 is 2.81 bits per heavy atom. The van der Waals surface area contributed by atoms with E-state index in [1.54, 1.807) is 0 Å². The molecule has 16 heavy (non-hydrogen) atoms. The van der Waals surface area contributed by atoms with Crippen LogP contribution in [0.2, 0.25) is 5.02 Å². The lowest BCUT2D eigenvalue weighted by Crippen LogP contribution is -2.42. The molecule has 0 bridgehead atoms. The summed E-state index contributed by atoms with van der Waals surface area (Å²) in [6.45, 7) is 0.657. The Morgan fingerprint density at radius 2 is 2.25 bits per heavy atom. The van der Waals surface area contributed by atoms with E-state index in [9.17, 15) is 0 Å². The van der Waals surface area contributed by atoms with Crippen LogP contribution < -0.4 is 5.73 Å². The lowest BCUT2D eigenvalue weighted by molar-refractivity contribution is 0.240. The molecule has 0 atom stereocenters. The average Bonchev–Trinajstić information content (AvgIpc) is 2.62. The monoisotopic (exact) mass is 235 g/mol. The Bertz CT molecular complexity index is 523. The maximum atomic E-state index is 6.11. The van der Waals surface area contributed by atoms with Crippen LogP contribution in [-0.2, 0) is 5.41 Å². The molecule has 4 heteroatoms. The van der Waals surface area contributed by atoms with Gasteiger partial charge in [-0.15, -0.1) is 0 Å². The largest absolute Gasteiger partial charge is 0.341 e. The van der Waals surface area contributed by atoms with Gasteiger partial charge in [0.25, 0.3) is 0 Å². The number of imidazole rings is 1. The SMILES string of the molecule is NCC1(c2nc3c(Cl)cccc3[nH]2)CCC1. The first kappa shape index (κ1) is 10.1. The van der Waals surface area contributed by atoms with Crippen molar-refractivity contribution in [2.45, 2.75) is 24.7 Å². The molecule has 84 valence electrons. The molecule has 3 N–H and O–H groups in total. The highest BCUT2D eigenvalue weighted by atomic mass is 35.5. The van der Waals surface area contributed by atoms with Gasteiger partial charge in [-0.25, -0.2) is 4.98 Å². The third kappa shape index (κ3) is 1.28. The number of H-pyrrole nitrogens is 1. The van der Waals surface area contributed by atoms with E-state index in [0.29, 0.717) is 11.6 Å². The second-order valence-electron chi connectivity index (χ2n) is 4.56. The lowest BCUT2D eigenvalue weighted by Gasteiger charge is -2.38. The summed E-state index contributed by atoms with van der Waals surface area (Å²) in [4.78, 5) is 7.96. The zero-order valence-corrected chi connectivity index (χ0v) is 9.72. The Morgan fingerprint density at radius 1 is 1.44 bits per heavy atom. The Labute approximate surface area is 99.0 Å². The quantitative estimate of drug-likeness (QED) is 0.841. The lowest BCUT2D eigenvalue weighted by atomic mass is 9.68. The average molecular weight is 236 g/mol. The topological polar surface area (TPSA) is 54.7 Å². The highest BCUT2D eigenvalue weighted by molar-refractivity contribution is 6.34. The summed E-state index contributed by atoms with van der Waals surface area (Å²) in [5.41, 5.74) is 7.80. The smallest absolute Gasteiger partial charge is 0.114 e. The summed E-state index contributed by atoms with van der Waals surface area (Å²) < 4.78 is 0. The van der Waals surface area contributed by atoms with Crippen molar-refractivity contribution in [3.8, 4) is 0 Å². The number of aromatic amines is 1. The first-order valence-corrected chi connectivity index (χ1v) is 5.98. The predicted molar refractivity (Wildman–Crippen MR) is 65.7 cm³/mol. The second kappa shape index (κ2) is 3.47. The van der Waals surface area contributed by atoms with Crippen LogP contribution in [0.1, 0.15) is 25.1 Å². The fourth-order valence-corrected chi connectivity index (χ4v) is 2.61. The van der Waals surface area contributed by atoms with E-state index in [-0.39, 0.29) is 5.41 Å². The van der Waals surface area contributed by atoms with Gasteiger partial charge in [0.2, 0.25) is 0 Å². The van der Waals surface area contributed by atoms with E-state index in [1.165, 1.54) is 6.42 Å². The fraction of sp³-hybridized carbons (Fsp3) is 0.417. The number of fused-ring (bicyclic) bond motifs is 1. The van der Waals surface area contributed by atoms with Gasteiger partial charge in [-0.2, -0.15) is 0 Å². The molecule has 0 aliphatic heterocycles.